The van der Waals surface area contributed by atoms with Crippen LogP contribution in [-0.2, 0) is 27.8 Å². The second kappa shape index (κ2) is 9.57. The molecule has 1 aliphatic heterocycles. The van der Waals surface area contributed by atoms with Gasteiger partial charge in [-0.2, -0.15) is 4.31 Å². The maximum Gasteiger partial charge on any atom is 0.243 e. The van der Waals surface area contributed by atoms with Crippen LogP contribution < -0.4 is 5.32 Å². The first-order valence-corrected chi connectivity index (χ1v) is 12.8. The number of carbonyl (C=O) groups is 1. The van der Waals surface area contributed by atoms with E-state index >= 15 is 0 Å². The van der Waals surface area contributed by atoms with Crippen LogP contribution in [0.4, 0.5) is 0 Å². The van der Waals surface area contributed by atoms with E-state index in [4.69, 9.17) is 0 Å². The van der Waals surface area contributed by atoms with Crippen molar-refractivity contribution in [3.63, 3.8) is 0 Å². The lowest BCUT2D eigenvalue weighted by Gasteiger charge is -2.36. The van der Waals surface area contributed by atoms with Crippen LogP contribution in [0.1, 0.15) is 34.7 Å². The molecule has 0 bridgehead atoms. The average molecular weight is 513 g/mol. The quantitative estimate of drug-likeness (QED) is 0.518. The summed E-state index contributed by atoms with van der Waals surface area (Å²) in [4.78, 5) is 13.1. The summed E-state index contributed by atoms with van der Waals surface area (Å²) in [7, 11) is -3.76. The van der Waals surface area contributed by atoms with Gasteiger partial charge in [0.2, 0.25) is 15.9 Å². The largest absolute Gasteiger partial charge is 0.352 e. The molecule has 7 heteroatoms. The smallest absolute Gasteiger partial charge is 0.243 e. The minimum Gasteiger partial charge on any atom is -0.352 e. The molecule has 0 unspecified atom stereocenters. The van der Waals surface area contributed by atoms with Gasteiger partial charge in [0.1, 0.15) is 0 Å². The fourth-order valence-electron chi connectivity index (χ4n) is 4.12. The van der Waals surface area contributed by atoms with E-state index in [0.29, 0.717) is 19.5 Å². The van der Waals surface area contributed by atoms with Crippen molar-refractivity contribution in [3.8, 4) is 0 Å². The lowest BCUT2D eigenvalue weighted by atomic mass is 9.92. The first kappa shape index (κ1) is 22.7. The molecule has 166 valence electrons. The van der Waals surface area contributed by atoms with E-state index in [-0.39, 0.29) is 17.2 Å². The van der Waals surface area contributed by atoms with Gasteiger partial charge in [-0.05, 0) is 59.9 Å². The zero-order chi connectivity index (χ0) is 22.7. The molecule has 0 radical (unpaired) electrons. The number of hydrogen-bond acceptors (Lipinski definition) is 3. The van der Waals surface area contributed by atoms with Crippen molar-refractivity contribution in [2.75, 3.05) is 6.54 Å². The Kier molecular flexibility index (Phi) is 6.79. The van der Waals surface area contributed by atoms with Crippen molar-refractivity contribution < 1.29 is 13.2 Å². The third kappa shape index (κ3) is 4.80. The van der Waals surface area contributed by atoms with Gasteiger partial charge in [0, 0.05) is 24.0 Å². The number of aryl methyl sites for hydroxylation is 1. The fraction of sp³-hybridized carbons (Fsp3) is 0.240. The van der Waals surface area contributed by atoms with E-state index in [1.165, 1.54) is 4.31 Å². The monoisotopic (exact) mass is 512 g/mol. The van der Waals surface area contributed by atoms with Crippen LogP contribution in [0.25, 0.3) is 0 Å². The summed E-state index contributed by atoms with van der Waals surface area (Å²) in [6, 6.07) is 21.7. The summed E-state index contributed by atoms with van der Waals surface area (Å²) < 4.78 is 29.3. The Morgan fingerprint density at radius 2 is 1.72 bits per heavy atom. The first-order chi connectivity index (χ1) is 15.4. The molecular weight excluding hydrogens is 488 g/mol. The number of fused-ring (bicyclic) bond motifs is 1. The van der Waals surface area contributed by atoms with Crippen LogP contribution in [0.3, 0.4) is 0 Å². The minimum absolute atomic E-state index is 0.0681. The van der Waals surface area contributed by atoms with Crippen molar-refractivity contribution >= 4 is 31.9 Å². The lowest BCUT2D eigenvalue weighted by Crippen LogP contribution is -2.42. The molecule has 5 nitrogen and oxygen atoms in total. The first-order valence-electron chi connectivity index (χ1n) is 10.5. The van der Waals surface area contributed by atoms with Crippen LogP contribution in [0.15, 0.2) is 82.2 Å². The SMILES string of the molecule is Cc1ccccc1CNC(=O)C[C@@H]1c2ccccc2CCN1S(=O)(=O)c1ccc(Br)cc1. The molecule has 0 saturated heterocycles. The molecule has 32 heavy (non-hydrogen) atoms. The summed E-state index contributed by atoms with van der Waals surface area (Å²) >= 11 is 3.35. The lowest BCUT2D eigenvalue weighted by molar-refractivity contribution is -0.122. The highest BCUT2D eigenvalue weighted by atomic mass is 79.9. The Balaban J connectivity index is 1.60. The number of halogens is 1. The van der Waals surface area contributed by atoms with Crippen LogP contribution in [-0.4, -0.2) is 25.2 Å². The molecule has 1 N–H and O–H groups in total. The van der Waals surface area contributed by atoms with E-state index < -0.39 is 16.1 Å². The molecule has 3 aromatic rings. The highest BCUT2D eigenvalue weighted by Gasteiger charge is 2.37. The Morgan fingerprint density at radius 3 is 2.47 bits per heavy atom. The summed E-state index contributed by atoms with van der Waals surface area (Å²) in [6.07, 6.45) is 0.686. The van der Waals surface area contributed by atoms with Gasteiger partial charge >= 0.3 is 0 Å². The standard InChI is InChI=1S/C25H25BrN2O3S/c1-18-6-2-3-8-20(18)17-27-25(29)16-24-23-9-5-4-7-19(23)14-15-28(24)32(30,31)22-12-10-21(26)11-13-22/h2-13,24H,14-17H2,1H3,(H,27,29)/t24-/m1/s1. The summed E-state index contributed by atoms with van der Waals surface area (Å²) in [5.41, 5.74) is 4.14. The Morgan fingerprint density at radius 1 is 1.03 bits per heavy atom. The molecule has 4 rings (SSSR count). The summed E-state index contributed by atoms with van der Waals surface area (Å²) in [6.45, 7) is 2.76. The van der Waals surface area contributed by atoms with Crippen LogP contribution in [0.2, 0.25) is 0 Å². The van der Waals surface area contributed by atoms with Gasteiger partial charge in [-0.15, -0.1) is 0 Å². The van der Waals surface area contributed by atoms with Crippen LogP contribution in [0, 0.1) is 6.92 Å². The Bertz CT molecular complexity index is 1230. The zero-order valence-electron chi connectivity index (χ0n) is 17.8. The van der Waals surface area contributed by atoms with Gasteiger partial charge in [-0.3, -0.25) is 4.79 Å². The van der Waals surface area contributed by atoms with Crippen molar-refractivity contribution in [2.45, 2.75) is 37.2 Å². The number of rotatable bonds is 6. The zero-order valence-corrected chi connectivity index (χ0v) is 20.2. The molecule has 0 aromatic heterocycles. The van der Waals surface area contributed by atoms with Gasteiger partial charge < -0.3 is 5.32 Å². The van der Waals surface area contributed by atoms with Crippen LogP contribution in [0.5, 0.6) is 0 Å². The summed E-state index contributed by atoms with van der Waals surface area (Å²) in [5.74, 6) is -0.175. The predicted octanol–water partition coefficient (Wildman–Crippen LogP) is 4.75. The fourth-order valence-corrected chi connectivity index (χ4v) is 5.99. The highest BCUT2D eigenvalue weighted by Crippen LogP contribution is 2.36. The number of amides is 1. The third-order valence-electron chi connectivity index (χ3n) is 5.90. The van der Waals surface area contributed by atoms with Gasteiger partial charge in [-0.25, -0.2) is 8.42 Å². The topological polar surface area (TPSA) is 66.5 Å². The molecule has 0 spiro atoms. The Labute approximate surface area is 197 Å². The molecule has 0 saturated carbocycles. The average Bonchev–Trinajstić information content (AvgIpc) is 2.79. The maximum absolute atomic E-state index is 13.5. The van der Waals surface area contributed by atoms with E-state index in [1.807, 2.05) is 55.5 Å². The second-order valence-electron chi connectivity index (χ2n) is 7.94. The molecule has 1 aliphatic rings. The van der Waals surface area contributed by atoms with E-state index in [9.17, 15) is 13.2 Å². The van der Waals surface area contributed by atoms with Crippen molar-refractivity contribution in [1.82, 2.24) is 9.62 Å². The molecule has 3 aromatic carbocycles. The van der Waals surface area contributed by atoms with Gasteiger partial charge in [0.05, 0.1) is 10.9 Å². The van der Waals surface area contributed by atoms with Crippen molar-refractivity contribution in [2.24, 2.45) is 0 Å². The normalized spacial score (nSPS) is 16.4. The van der Waals surface area contributed by atoms with E-state index in [2.05, 4.69) is 21.2 Å². The van der Waals surface area contributed by atoms with E-state index in [0.717, 1.165) is 26.7 Å². The number of hydrogen-bond donors (Lipinski definition) is 1. The van der Waals surface area contributed by atoms with Crippen molar-refractivity contribution in [3.05, 3.63) is 99.5 Å². The summed E-state index contributed by atoms with van der Waals surface area (Å²) in [5, 5.41) is 2.97. The molecule has 1 atom stereocenters. The predicted molar refractivity (Wildman–Crippen MR) is 129 cm³/mol. The number of sulfonamides is 1. The van der Waals surface area contributed by atoms with E-state index in [1.54, 1.807) is 24.3 Å². The second-order valence-corrected chi connectivity index (χ2v) is 10.7. The maximum atomic E-state index is 13.5. The highest BCUT2D eigenvalue weighted by molar-refractivity contribution is 9.10. The number of nitrogens with zero attached hydrogens (tertiary/aromatic N) is 1. The van der Waals surface area contributed by atoms with Gasteiger partial charge in [0.15, 0.2) is 0 Å². The van der Waals surface area contributed by atoms with Crippen LogP contribution >= 0.6 is 15.9 Å². The molecular formula is C25H25BrN2O3S. The van der Waals surface area contributed by atoms with Crippen molar-refractivity contribution in [1.29, 1.82) is 0 Å². The molecule has 0 fully saturated rings. The molecule has 1 amide bonds. The Hall–Kier alpha value is -2.48. The third-order valence-corrected chi connectivity index (χ3v) is 8.35. The minimum atomic E-state index is -3.76. The number of nitrogens with one attached hydrogen (secondary N) is 1. The number of carbonyl (C=O) groups excluding carboxylic acids is 1. The van der Waals surface area contributed by atoms with Gasteiger partial charge in [0.25, 0.3) is 0 Å². The number of benzene rings is 3. The van der Waals surface area contributed by atoms with Gasteiger partial charge in [-0.1, -0.05) is 64.5 Å². The molecule has 0 aliphatic carbocycles. The molecule has 1 heterocycles.